The number of ether oxygens (including phenoxy) is 2. The van der Waals surface area contributed by atoms with Crippen LogP contribution in [-0.4, -0.2) is 32.0 Å². The van der Waals surface area contributed by atoms with Gasteiger partial charge in [-0.25, -0.2) is 0 Å². The first-order valence-electron chi connectivity index (χ1n) is 4.60. The van der Waals surface area contributed by atoms with Crippen LogP contribution in [0.3, 0.4) is 0 Å². The van der Waals surface area contributed by atoms with E-state index in [4.69, 9.17) is 15.2 Å². The van der Waals surface area contributed by atoms with Crippen molar-refractivity contribution < 1.29 is 9.47 Å². The second-order valence-electron chi connectivity index (χ2n) is 3.59. The van der Waals surface area contributed by atoms with Crippen LogP contribution in [0.2, 0.25) is 0 Å². The molecule has 1 saturated heterocycles. The van der Waals surface area contributed by atoms with Gasteiger partial charge < -0.3 is 15.2 Å². The Morgan fingerprint density at radius 2 is 2.33 bits per heavy atom. The topological polar surface area (TPSA) is 44.5 Å². The molecule has 0 aliphatic carbocycles. The minimum absolute atomic E-state index is 0.0535. The van der Waals surface area contributed by atoms with Gasteiger partial charge in [0.1, 0.15) is 5.60 Å². The average molecular weight is 173 g/mol. The summed E-state index contributed by atoms with van der Waals surface area (Å²) in [4.78, 5) is 0. The van der Waals surface area contributed by atoms with Gasteiger partial charge in [-0.05, 0) is 26.2 Å². The van der Waals surface area contributed by atoms with E-state index in [1.165, 1.54) is 6.42 Å². The molecule has 3 heteroatoms. The second kappa shape index (κ2) is 4.21. The molecule has 0 bridgehead atoms. The third kappa shape index (κ3) is 1.97. The maximum absolute atomic E-state index is 5.88. The SMILES string of the molecule is COCC1([C@H](C)N)CCCCO1. The maximum Gasteiger partial charge on any atom is 0.106 e. The molecule has 0 saturated carbocycles. The predicted octanol–water partition coefficient (Wildman–Crippen LogP) is 0.919. The summed E-state index contributed by atoms with van der Waals surface area (Å²) in [5.41, 5.74) is 5.67. The Kier molecular flexibility index (Phi) is 3.50. The lowest BCUT2D eigenvalue weighted by molar-refractivity contribution is -0.126. The summed E-state index contributed by atoms with van der Waals surface area (Å²) in [6.45, 7) is 3.43. The molecule has 1 fully saturated rings. The Bertz CT molecular complexity index is 125. The lowest BCUT2D eigenvalue weighted by Crippen LogP contribution is -2.53. The van der Waals surface area contributed by atoms with Gasteiger partial charge in [-0.2, -0.15) is 0 Å². The molecule has 0 spiro atoms. The van der Waals surface area contributed by atoms with E-state index in [0.717, 1.165) is 19.4 Å². The van der Waals surface area contributed by atoms with Crippen LogP contribution in [0.5, 0.6) is 0 Å². The van der Waals surface area contributed by atoms with Gasteiger partial charge in [0.25, 0.3) is 0 Å². The molecule has 0 aromatic carbocycles. The maximum atomic E-state index is 5.88. The van der Waals surface area contributed by atoms with E-state index in [-0.39, 0.29) is 11.6 Å². The van der Waals surface area contributed by atoms with Gasteiger partial charge in [-0.3, -0.25) is 0 Å². The van der Waals surface area contributed by atoms with Gasteiger partial charge in [0.15, 0.2) is 0 Å². The Morgan fingerprint density at radius 3 is 2.75 bits per heavy atom. The summed E-state index contributed by atoms with van der Waals surface area (Å²) in [5.74, 6) is 0. The Balaban J connectivity index is 2.56. The van der Waals surface area contributed by atoms with E-state index >= 15 is 0 Å². The summed E-state index contributed by atoms with van der Waals surface area (Å²) < 4.78 is 10.9. The highest BCUT2D eigenvalue weighted by Gasteiger charge is 2.36. The summed E-state index contributed by atoms with van der Waals surface area (Å²) in [5, 5.41) is 0. The van der Waals surface area contributed by atoms with Crippen molar-refractivity contribution in [1.82, 2.24) is 0 Å². The molecule has 1 unspecified atom stereocenters. The standard InChI is InChI=1S/C9H19NO2/c1-8(10)9(7-11-2)5-3-4-6-12-9/h8H,3-7,10H2,1-2H3/t8-,9?/m0/s1. The fourth-order valence-electron chi connectivity index (χ4n) is 1.72. The van der Waals surface area contributed by atoms with Crippen molar-refractivity contribution in [3.63, 3.8) is 0 Å². The van der Waals surface area contributed by atoms with E-state index < -0.39 is 0 Å². The van der Waals surface area contributed by atoms with Crippen LogP contribution < -0.4 is 5.73 Å². The zero-order valence-corrected chi connectivity index (χ0v) is 8.01. The molecular weight excluding hydrogens is 154 g/mol. The second-order valence-corrected chi connectivity index (χ2v) is 3.59. The molecule has 3 nitrogen and oxygen atoms in total. The van der Waals surface area contributed by atoms with Crippen LogP contribution in [-0.2, 0) is 9.47 Å². The van der Waals surface area contributed by atoms with Crippen LogP contribution in [0, 0.1) is 0 Å². The molecule has 0 aromatic heterocycles. The van der Waals surface area contributed by atoms with Gasteiger partial charge in [0, 0.05) is 19.8 Å². The molecule has 72 valence electrons. The number of hydrogen-bond acceptors (Lipinski definition) is 3. The van der Waals surface area contributed by atoms with Crippen molar-refractivity contribution in [2.75, 3.05) is 20.3 Å². The first-order valence-corrected chi connectivity index (χ1v) is 4.60. The summed E-state index contributed by atoms with van der Waals surface area (Å²) >= 11 is 0. The van der Waals surface area contributed by atoms with E-state index in [1.54, 1.807) is 7.11 Å². The molecule has 1 aliphatic rings. The van der Waals surface area contributed by atoms with Crippen LogP contribution in [0.15, 0.2) is 0 Å². The summed E-state index contributed by atoms with van der Waals surface area (Å²) in [7, 11) is 1.70. The van der Waals surface area contributed by atoms with Gasteiger partial charge in [-0.1, -0.05) is 0 Å². The third-order valence-electron chi connectivity index (χ3n) is 2.60. The van der Waals surface area contributed by atoms with Gasteiger partial charge >= 0.3 is 0 Å². The van der Waals surface area contributed by atoms with Crippen LogP contribution in [0.4, 0.5) is 0 Å². The van der Waals surface area contributed by atoms with Crippen LogP contribution in [0.25, 0.3) is 0 Å². The lowest BCUT2D eigenvalue weighted by atomic mass is 9.88. The Labute approximate surface area is 74.2 Å². The molecule has 1 aliphatic heterocycles. The van der Waals surface area contributed by atoms with Crippen LogP contribution in [0.1, 0.15) is 26.2 Å². The van der Waals surface area contributed by atoms with Gasteiger partial charge in [0.2, 0.25) is 0 Å². The molecule has 2 atom stereocenters. The molecular formula is C9H19NO2. The van der Waals surface area contributed by atoms with Crippen molar-refractivity contribution >= 4 is 0 Å². The fourth-order valence-corrected chi connectivity index (χ4v) is 1.72. The molecule has 1 rings (SSSR count). The summed E-state index contributed by atoms with van der Waals surface area (Å²) in [6, 6.07) is 0.0535. The van der Waals surface area contributed by atoms with E-state index in [9.17, 15) is 0 Å². The van der Waals surface area contributed by atoms with Crippen LogP contribution >= 0.6 is 0 Å². The zero-order valence-electron chi connectivity index (χ0n) is 8.01. The third-order valence-corrected chi connectivity index (χ3v) is 2.60. The molecule has 1 heterocycles. The minimum Gasteiger partial charge on any atom is -0.382 e. The quantitative estimate of drug-likeness (QED) is 0.690. The minimum atomic E-state index is -0.215. The Hall–Kier alpha value is -0.120. The highest BCUT2D eigenvalue weighted by molar-refractivity contribution is 4.90. The molecule has 0 radical (unpaired) electrons. The zero-order chi connectivity index (χ0) is 9.03. The van der Waals surface area contributed by atoms with Gasteiger partial charge in [0.05, 0.1) is 6.61 Å². The summed E-state index contributed by atoms with van der Waals surface area (Å²) in [6.07, 6.45) is 3.38. The Morgan fingerprint density at radius 1 is 1.58 bits per heavy atom. The monoisotopic (exact) mass is 173 g/mol. The van der Waals surface area contributed by atoms with E-state index in [1.807, 2.05) is 6.92 Å². The predicted molar refractivity (Wildman–Crippen MR) is 48.1 cm³/mol. The van der Waals surface area contributed by atoms with E-state index in [2.05, 4.69) is 0 Å². The number of hydrogen-bond donors (Lipinski definition) is 1. The lowest BCUT2D eigenvalue weighted by Gasteiger charge is -2.39. The first kappa shape index (κ1) is 9.96. The number of methoxy groups -OCH3 is 1. The van der Waals surface area contributed by atoms with Crippen molar-refractivity contribution in [2.45, 2.75) is 37.8 Å². The van der Waals surface area contributed by atoms with Crippen molar-refractivity contribution in [2.24, 2.45) is 5.73 Å². The molecule has 0 aromatic rings. The molecule has 2 N–H and O–H groups in total. The molecule has 12 heavy (non-hydrogen) atoms. The number of nitrogens with two attached hydrogens (primary N) is 1. The van der Waals surface area contributed by atoms with Crippen molar-refractivity contribution in [1.29, 1.82) is 0 Å². The average Bonchev–Trinajstić information content (AvgIpc) is 2.06. The van der Waals surface area contributed by atoms with Gasteiger partial charge in [-0.15, -0.1) is 0 Å². The highest BCUT2D eigenvalue weighted by atomic mass is 16.5. The fraction of sp³-hybridized carbons (Fsp3) is 1.00. The smallest absolute Gasteiger partial charge is 0.106 e. The molecule has 0 amide bonds. The van der Waals surface area contributed by atoms with Crippen molar-refractivity contribution in [3.8, 4) is 0 Å². The highest BCUT2D eigenvalue weighted by Crippen LogP contribution is 2.27. The van der Waals surface area contributed by atoms with E-state index in [0.29, 0.717) is 6.61 Å². The van der Waals surface area contributed by atoms with Crippen molar-refractivity contribution in [3.05, 3.63) is 0 Å². The largest absolute Gasteiger partial charge is 0.382 e. The normalized spacial score (nSPS) is 33.2. The first-order chi connectivity index (χ1) is 5.71. The number of rotatable bonds is 3.